The summed E-state index contributed by atoms with van der Waals surface area (Å²) in [5.41, 5.74) is 5.40. The Morgan fingerprint density at radius 3 is 2.75 bits per heavy atom. The largest absolute Gasteiger partial charge is 0.387 e. The summed E-state index contributed by atoms with van der Waals surface area (Å²) < 4.78 is 27.4. The van der Waals surface area contributed by atoms with Gasteiger partial charge in [-0.3, -0.25) is 4.57 Å². The number of nitrogens with two attached hydrogens (primary N) is 1. The summed E-state index contributed by atoms with van der Waals surface area (Å²) >= 11 is 4.74. The Balaban J connectivity index is 2.59. The molecule has 4 nitrogen and oxygen atoms in total. The summed E-state index contributed by atoms with van der Waals surface area (Å²) in [5.74, 6) is -1.46. The van der Waals surface area contributed by atoms with Crippen molar-refractivity contribution in [3.05, 3.63) is 42.1 Å². The van der Waals surface area contributed by atoms with Gasteiger partial charge in [-0.1, -0.05) is 12.2 Å². The molecule has 2 N–H and O–H groups in total. The van der Waals surface area contributed by atoms with Gasteiger partial charge in [0.05, 0.1) is 6.20 Å². The average molecular weight is 240 g/mol. The fraction of sp³-hybridized carbons (Fsp3) is 0. The molecule has 0 amide bonds. The Morgan fingerprint density at radius 1 is 1.38 bits per heavy atom. The minimum Gasteiger partial charge on any atom is -0.387 e. The molecule has 0 unspecified atom stereocenters. The molecule has 0 atom stereocenters. The highest BCUT2D eigenvalue weighted by molar-refractivity contribution is 7.80. The van der Waals surface area contributed by atoms with Gasteiger partial charge >= 0.3 is 0 Å². The second-order valence-electron chi connectivity index (χ2n) is 2.94. The minimum absolute atomic E-state index is 0.00975. The second kappa shape index (κ2) is 3.93. The topological polar surface area (TPSA) is 56.7 Å². The third-order valence-electron chi connectivity index (χ3n) is 1.88. The van der Waals surface area contributed by atoms with Gasteiger partial charge in [-0.05, 0) is 0 Å². The third kappa shape index (κ3) is 1.76. The van der Waals surface area contributed by atoms with E-state index in [4.69, 9.17) is 18.0 Å². The standard InChI is InChI=1S/C9H6F2N4S/c10-5-3-6(11)8(14-4-5)15-2-1-13-9(15)7(12)16/h1-4H,(H2,12,16). The fourth-order valence-electron chi connectivity index (χ4n) is 1.24. The van der Waals surface area contributed by atoms with Gasteiger partial charge < -0.3 is 5.73 Å². The number of nitrogens with zero attached hydrogens (tertiary/aromatic N) is 3. The van der Waals surface area contributed by atoms with E-state index in [2.05, 4.69) is 9.97 Å². The maximum atomic E-state index is 13.4. The number of hydrogen-bond donors (Lipinski definition) is 1. The number of hydrogen-bond acceptors (Lipinski definition) is 3. The maximum Gasteiger partial charge on any atom is 0.175 e. The predicted molar refractivity (Wildman–Crippen MR) is 57.2 cm³/mol. The molecule has 0 aliphatic carbocycles. The van der Waals surface area contributed by atoms with E-state index in [0.717, 1.165) is 12.3 Å². The summed E-state index contributed by atoms with van der Waals surface area (Å²) in [4.78, 5) is 7.48. The molecule has 2 rings (SSSR count). The number of imidazole rings is 1. The van der Waals surface area contributed by atoms with Crippen molar-refractivity contribution >= 4 is 17.2 Å². The normalized spacial score (nSPS) is 10.4. The number of aromatic nitrogens is 3. The van der Waals surface area contributed by atoms with Gasteiger partial charge in [-0.25, -0.2) is 18.7 Å². The summed E-state index contributed by atoms with van der Waals surface area (Å²) in [7, 11) is 0. The molecule has 2 aromatic rings. The van der Waals surface area contributed by atoms with Crippen molar-refractivity contribution in [1.82, 2.24) is 14.5 Å². The van der Waals surface area contributed by atoms with Crippen molar-refractivity contribution < 1.29 is 8.78 Å². The molecule has 0 saturated heterocycles. The van der Waals surface area contributed by atoms with Gasteiger partial charge in [0, 0.05) is 18.5 Å². The van der Waals surface area contributed by atoms with E-state index in [1.54, 1.807) is 0 Å². The maximum absolute atomic E-state index is 13.4. The van der Waals surface area contributed by atoms with Crippen LogP contribution in [0.2, 0.25) is 0 Å². The Hall–Kier alpha value is -1.89. The van der Waals surface area contributed by atoms with Crippen molar-refractivity contribution in [2.24, 2.45) is 5.73 Å². The molecule has 2 heterocycles. The zero-order valence-corrected chi connectivity index (χ0v) is 8.71. The van der Waals surface area contributed by atoms with Crippen molar-refractivity contribution in [2.45, 2.75) is 0 Å². The van der Waals surface area contributed by atoms with Gasteiger partial charge in [0.1, 0.15) is 10.8 Å². The lowest BCUT2D eigenvalue weighted by Gasteiger charge is -2.06. The monoisotopic (exact) mass is 240 g/mol. The predicted octanol–water partition coefficient (Wildman–Crippen LogP) is 1.18. The SMILES string of the molecule is NC(=S)c1nccn1-c1ncc(F)cc1F. The first kappa shape index (κ1) is 10.6. The van der Waals surface area contributed by atoms with E-state index >= 15 is 0 Å². The quantitative estimate of drug-likeness (QED) is 0.801. The summed E-state index contributed by atoms with van der Waals surface area (Å²) in [6.45, 7) is 0. The van der Waals surface area contributed by atoms with Crippen LogP contribution < -0.4 is 5.73 Å². The zero-order chi connectivity index (χ0) is 11.7. The Bertz CT molecular complexity index is 552. The lowest BCUT2D eigenvalue weighted by molar-refractivity contribution is 0.565. The van der Waals surface area contributed by atoms with Gasteiger partial charge in [-0.2, -0.15) is 0 Å². The molecule has 7 heteroatoms. The van der Waals surface area contributed by atoms with Crippen molar-refractivity contribution in [2.75, 3.05) is 0 Å². The van der Waals surface area contributed by atoms with E-state index in [1.807, 2.05) is 0 Å². The molecule has 0 saturated carbocycles. The van der Waals surface area contributed by atoms with Crippen LogP contribution in [-0.4, -0.2) is 19.5 Å². The zero-order valence-electron chi connectivity index (χ0n) is 7.89. The first-order valence-electron chi connectivity index (χ1n) is 4.24. The highest BCUT2D eigenvalue weighted by Gasteiger charge is 2.13. The Morgan fingerprint density at radius 2 is 2.12 bits per heavy atom. The fourth-order valence-corrected chi connectivity index (χ4v) is 1.39. The number of rotatable bonds is 2. The van der Waals surface area contributed by atoms with Crippen molar-refractivity contribution in [3.63, 3.8) is 0 Å². The first-order valence-corrected chi connectivity index (χ1v) is 4.65. The number of halogens is 2. The van der Waals surface area contributed by atoms with E-state index in [1.165, 1.54) is 17.0 Å². The lowest BCUT2D eigenvalue weighted by Crippen LogP contribution is -2.17. The number of thiocarbonyl (C=S) groups is 1. The highest BCUT2D eigenvalue weighted by Crippen LogP contribution is 2.13. The van der Waals surface area contributed by atoms with E-state index in [9.17, 15) is 8.78 Å². The van der Waals surface area contributed by atoms with Crippen LogP contribution >= 0.6 is 12.2 Å². The van der Waals surface area contributed by atoms with Gasteiger partial charge in [0.25, 0.3) is 0 Å². The molecule has 0 aliphatic rings. The Kier molecular flexibility index (Phi) is 2.61. The van der Waals surface area contributed by atoms with Crippen LogP contribution in [0.1, 0.15) is 5.82 Å². The van der Waals surface area contributed by atoms with Crippen LogP contribution in [0.4, 0.5) is 8.78 Å². The highest BCUT2D eigenvalue weighted by atomic mass is 32.1. The summed E-state index contributed by atoms with van der Waals surface area (Å²) in [6.07, 6.45) is 3.75. The summed E-state index contributed by atoms with van der Waals surface area (Å²) in [6, 6.07) is 0.728. The average Bonchev–Trinajstić information content (AvgIpc) is 2.66. The molecule has 0 radical (unpaired) electrons. The van der Waals surface area contributed by atoms with Crippen LogP contribution in [0.25, 0.3) is 5.82 Å². The number of pyridine rings is 1. The van der Waals surface area contributed by atoms with Gasteiger partial charge in [0.2, 0.25) is 0 Å². The lowest BCUT2D eigenvalue weighted by atomic mass is 10.4. The smallest absolute Gasteiger partial charge is 0.175 e. The van der Waals surface area contributed by atoms with Crippen LogP contribution in [0, 0.1) is 11.6 Å². The molecule has 82 valence electrons. The molecule has 16 heavy (non-hydrogen) atoms. The van der Waals surface area contributed by atoms with Crippen molar-refractivity contribution in [3.8, 4) is 5.82 Å². The molecule has 0 fully saturated rings. The molecular weight excluding hydrogens is 234 g/mol. The van der Waals surface area contributed by atoms with Crippen LogP contribution in [0.15, 0.2) is 24.7 Å². The third-order valence-corrected chi connectivity index (χ3v) is 2.06. The Labute approximate surface area is 94.7 Å². The molecule has 2 aromatic heterocycles. The van der Waals surface area contributed by atoms with Gasteiger partial charge in [0.15, 0.2) is 17.5 Å². The molecule has 0 bridgehead atoms. The van der Waals surface area contributed by atoms with Crippen LogP contribution in [0.5, 0.6) is 0 Å². The van der Waals surface area contributed by atoms with E-state index < -0.39 is 11.6 Å². The summed E-state index contributed by atoms with van der Waals surface area (Å²) in [5, 5.41) is 0. The van der Waals surface area contributed by atoms with Crippen LogP contribution in [-0.2, 0) is 0 Å². The molecule has 0 aliphatic heterocycles. The molecular formula is C9H6F2N4S. The van der Waals surface area contributed by atoms with E-state index in [-0.39, 0.29) is 16.6 Å². The molecule has 0 aromatic carbocycles. The van der Waals surface area contributed by atoms with E-state index in [0.29, 0.717) is 0 Å². The van der Waals surface area contributed by atoms with Gasteiger partial charge in [-0.15, -0.1) is 0 Å². The second-order valence-corrected chi connectivity index (χ2v) is 3.38. The van der Waals surface area contributed by atoms with Crippen LogP contribution in [0.3, 0.4) is 0 Å². The minimum atomic E-state index is -0.810. The van der Waals surface area contributed by atoms with Crippen molar-refractivity contribution in [1.29, 1.82) is 0 Å². The first-order chi connectivity index (χ1) is 7.59. The molecule has 0 spiro atoms.